The number of thioether (sulfide) groups is 1. The van der Waals surface area contributed by atoms with E-state index in [0.717, 1.165) is 35.1 Å². The van der Waals surface area contributed by atoms with E-state index in [-0.39, 0.29) is 4.16 Å². The van der Waals surface area contributed by atoms with Gasteiger partial charge in [0.2, 0.25) is 0 Å². The number of halogens is 2. The van der Waals surface area contributed by atoms with E-state index in [2.05, 4.69) is 45.7 Å². The highest BCUT2D eigenvalue weighted by atomic mass is 79.9. The minimum absolute atomic E-state index is 0.194. The molecule has 1 aliphatic heterocycles. The number of nitrogens with zero attached hydrogens (tertiary/aromatic N) is 3. The second-order valence-electron chi connectivity index (χ2n) is 8.00. The molecule has 0 radical (unpaired) electrons. The van der Waals surface area contributed by atoms with Gasteiger partial charge < -0.3 is 9.84 Å². The van der Waals surface area contributed by atoms with E-state index in [1.54, 1.807) is 34.9 Å². The number of aliphatic hydroxyl groups is 1. The van der Waals surface area contributed by atoms with Gasteiger partial charge in [0.05, 0.1) is 9.06 Å². The van der Waals surface area contributed by atoms with Gasteiger partial charge in [-0.2, -0.15) is 0 Å². The van der Waals surface area contributed by atoms with Crippen LogP contribution in [0.15, 0.2) is 36.2 Å². The minimum Gasteiger partial charge on any atom is -0.384 e. The third kappa shape index (κ3) is 5.93. The lowest BCUT2D eigenvalue weighted by atomic mass is 9.99. The topological polar surface area (TPSA) is 60.2 Å². The van der Waals surface area contributed by atoms with E-state index in [0.29, 0.717) is 17.6 Å². The summed E-state index contributed by atoms with van der Waals surface area (Å²) in [4.78, 5) is 5.37. The Morgan fingerprint density at radius 3 is 2.75 bits per heavy atom. The Hall–Kier alpha value is -0.643. The number of benzene rings is 1. The van der Waals surface area contributed by atoms with Crippen molar-refractivity contribution < 1.29 is 9.84 Å². The van der Waals surface area contributed by atoms with Crippen molar-refractivity contribution in [2.45, 2.75) is 49.1 Å². The zero-order chi connectivity index (χ0) is 20.3. The minimum atomic E-state index is -1.10. The van der Waals surface area contributed by atoms with Gasteiger partial charge in [-0.25, -0.2) is 9.67 Å². The van der Waals surface area contributed by atoms with Gasteiger partial charge in [-0.05, 0) is 35.7 Å². The van der Waals surface area contributed by atoms with Crippen LogP contribution in [-0.4, -0.2) is 38.7 Å². The third-order valence-electron chi connectivity index (χ3n) is 4.39. The second-order valence-corrected chi connectivity index (χ2v) is 17.0. The van der Waals surface area contributed by atoms with E-state index in [9.17, 15) is 5.11 Å². The maximum Gasteiger partial charge on any atom is 0.187 e. The molecule has 1 aromatic carbocycles. The van der Waals surface area contributed by atoms with Crippen molar-refractivity contribution >= 4 is 52.3 Å². The summed E-state index contributed by atoms with van der Waals surface area (Å²) < 4.78 is 7.65. The average molecular weight is 503 g/mol. The van der Waals surface area contributed by atoms with Gasteiger partial charge in [-0.15, -0.1) is 16.9 Å². The largest absolute Gasteiger partial charge is 0.384 e. The van der Waals surface area contributed by atoms with Crippen LogP contribution >= 0.6 is 39.3 Å². The molecule has 0 bridgehead atoms. The molecule has 0 saturated carbocycles. The number of alkyl halides is 1. The van der Waals surface area contributed by atoms with E-state index in [1.807, 2.05) is 12.1 Å². The molecule has 2 heterocycles. The summed E-state index contributed by atoms with van der Waals surface area (Å²) in [7, 11) is -1.10. The second kappa shape index (κ2) is 9.45. The van der Waals surface area contributed by atoms with Crippen molar-refractivity contribution in [3.05, 3.63) is 52.6 Å². The number of hydrogen-bond acceptors (Lipinski definition) is 5. The Labute approximate surface area is 184 Å². The van der Waals surface area contributed by atoms with Crippen LogP contribution < -0.4 is 0 Å². The highest BCUT2D eigenvalue weighted by Crippen LogP contribution is 2.49. The van der Waals surface area contributed by atoms with Crippen LogP contribution in [0.1, 0.15) is 23.9 Å². The van der Waals surface area contributed by atoms with Gasteiger partial charge in [0.15, 0.2) is 5.82 Å². The van der Waals surface area contributed by atoms with Crippen LogP contribution in [0.2, 0.25) is 30.7 Å². The molecular formula is C19H25BrClN3O2SSi. The highest BCUT2D eigenvalue weighted by molar-refractivity contribution is 9.11. The van der Waals surface area contributed by atoms with E-state index in [4.69, 9.17) is 16.3 Å². The summed E-state index contributed by atoms with van der Waals surface area (Å²) in [5, 5.41) is 16.1. The molecule has 0 spiro atoms. The van der Waals surface area contributed by atoms with Crippen molar-refractivity contribution in [1.82, 2.24) is 14.8 Å². The summed E-state index contributed by atoms with van der Waals surface area (Å²) in [5.74, 6) is 0.628. The van der Waals surface area contributed by atoms with Gasteiger partial charge in [0.1, 0.15) is 19.2 Å². The molecule has 2 unspecified atom stereocenters. The number of rotatable bonds is 8. The van der Waals surface area contributed by atoms with E-state index >= 15 is 0 Å². The molecule has 0 amide bonds. The van der Waals surface area contributed by atoms with Gasteiger partial charge in [0, 0.05) is 19.7 Å². The molecular weight excluding hydrogens is 478 g/mol. The lowest BCUT2D eigenvalue weighted by Crippen LogP contribution is -2.22. The molecule has 5 nitrogen and oxygen atoms in total. The lowest BCUT2D eigenvalue weighted by molar-refractivity contribution is 0.0783. The molecule has 1 aliphatic rings. The monoisotopic (exact) mass is 501 g/mol. The molecule has 2 aromatic rings. The quantitative estimate of drug-likeness (QED) is 0.291. The van der Waals surface area contributed by atoms with E-state index < -0.39 is 14.2 Å². The number of ether oxygens (including phenoxy) is 1. The first-order valence-corrected chi connectivity index (χ1v) is 15.1. The molecule has 28 heavy (non-hydrogen) atoms. The summed E-state index contributed by atoms with van der Waals surface area (Å²) in [6.07, 6.45) is 1.71. The molecule has 0 fully saturated rings. The predicted molar refractivity (Wildman–Crippen MR) is 122 cm³/mol. The van der Waals surface area contributed by atoms with Crippen molar-refractivity contribution in [3.8, 4) is 0 Å². The first-order valence-electron chi connectivity index (χ1n) is 9.18. The molecule has 1 aromatic heterocycles. The summed E-state index contributed by atoms with van der Waals surface area (Å²) >= 11 is 11.3. The van der Waals surface area contributed by atoms with Crippen molar-refractivity contribution in [3.63, 3.8) is 0 Å². The van der Waals surface area contributed by atoms with Crippen LogP contribution in [0.5, 0.6) is 0 Å². The predicted octanol–water partition coefficient (Wildman–Crippen LogP) is 5.55. The smallest absolute Gasteiger partial charge is 0.187 e. The maximum atomic E-state index is 10.9. The fourth-order valence-corrected chi connectivity index (χ4v) is 5.64. The van der Waals surface area contributed by atoms with Gasteiger partial charge in [0.25, 0.3) is 0 Å². The molecule has 152 valence electrons. The summed E-state index contributed by atoms with van der Waals surface area (Å²) in [5.41, 5.74) is 1.74. The van der Waals surface area contributed by atoms with Gasteiger partial charge in [-0.1, -0.05) is 59.3 Å². The zero-order valence-corrected chi connectivity index (χ0v) is 20.4. The molecule has 0 aliphatic carbocycles. The van der Waals surface area contributed by atoms with Crippen LogP contribution in [0.3, 0.4) is 0 Å². The van der Waals surface area contributed by atoms with Crippen molar-refractivity contribution in [1.29, 1.82) is 0 Å². The molecule has 1 N–H and O–H groups in total. The summed E-state index contributed by atoms with van der Waals surface area (Å²) in [6.45, 7) is 8.13. The van der Waals surface area contributed by atoms with E-state index in [1.165, 1.54) is 0 Å². The van der Waals surface area contributed by atoms with Crippen molar-refractivity contribution in [2.75, 3.05) is 6.61 Å². The fourth-order valence-electron chi connectivity index (χ4n) is 2.79. The first kappa shape index (κ1) is 22.1. The molecule has 9 heteroatoms. The Balaban J connectivity index is 1.72. The Bertz CT molecular complexity index is 838. The van der Waals surface area contributed by atoms with Crippen LogP contribution in [0.4, 0.5) is 0 Å². The number of hydrogen-bond donors (Lipinski definition) is 1. The van der Waals surface area contributed by atoms with Crippen LogP contribution in [-0.2, 0) is 11.5 Å². The molecule has 0 saturated heterocycles. The fraction of sp³-hybridized carbons (Fsp3) is 0.474. The van der Waals surface area contributed by atoms with Crippen LogP contribution in [0, 0.1) is 0 Å². The lowest BCUT2D eigenvalue weighted by Gasteiger charge is -2.15. The Kier molecular flexibility index (Phi) is 7.44. The van der Waals surface area contributed by atoms with Crippen molar-refractivity contribution in [2.24, 2.45) is 0 Å². The molecule has 2 atom stereocenters. The van der Waals surface area contributed by atoms with Gasteiger partial charge >= 0.3 is 0 Å². The molecule has 3 rings (SSSR count). The van der Waals surface area contributed by atoms with Crippen LogP contribution in [0.25, 0.3) is 4.91 Å². The summed E-state index contributed by atoms with van der Waals surface area (Å²) in [6, 6.07) is 8.40. The Morgan fingerprint density at radius 2 is 2.07 bits per heavy atom. The third-order valence-corrected chi connectivity index (χ3v) is 8.34. The van der Waals surface area contributed by atoms with Gasteiger partial charge in [-0.3, -0.25) is 0 Å². The normalized spacial score (nSPS) is 18.7. The maximum absolute atomic E-state index is 10.9. The first-order chi connectivity index (χ1) is 13.2. The standard InChI is InChI=1S/C19H25BrClN3O2SSi/c1-28(2,3)9-8-26-12-24-11-22-19(23-24)18-15(10-16(20)27-18)17(25)13-4-6-14(21)7-5-13/h4-7,11,16-17,25H,8-10,12H2,1-3H3. The highest BCUT2D eigenvalue weighted by Gasteiger charge is 2.31. The average Bonchev–Trinajstić information content (AvgIpc) is 3.24. The number of aromatic nitrogens is 3. The number of aliphatic hydroxyl groups excluding tert-OH is 1. The Morgan fingerprint density at radius 1 is 1.36 bits per heavy atom. The zero-order valence-electron chi connectivity index (χ0n) is 16.2. The SMILES string of the molecule is C[Si](C)(C)CCOCn1cnc(C2=C(C(O)c3ccc(Cl)cc3)CC(Br)S2)n1.